The highest BCUT2D eigenvalue weighted by molar-refractivity contribution is 5.98. The Morgan fingerprint density at radius 3 is 2.70 bits per heavy atom. The van der Waals surface area contributed by atoms with Crippen LogP contribution in [-0.2, 0) is 6.42 Å². The van der Waals surface area contributed by atoms with Crippen LogP contribution in [-0.4, -0.2) is 30.6 Å². The number of aryl methyl sites for hydroxylation is 1. The number of hydrogen-bond acceptors (Lipinski definition) is 6. The molecule has 1 aliphatic rings. The molecule has 174 valence electrons. The predicted molar refractivity (Wildman–Crippen MR) is 126 cm³/mol. The van der Waals surface area contributed by atoms with Gasteiger partial charge in [-0.05, 0) is 62.4 Å². The van der Waals surface area contributed by atoms with E-state index in [4.69, 9.17) is 18.6 Å². The lowest BCUT2D eigenvalue weighted by atomic mass is 10.0. The molecule has 0 N–H and O–H groups in total. The second-order valence-corrected chi connectivity index (χ2v) is 8.30. The minimum atomic E-state index is 0.0305. The lowest BCUT2D eigenvalue weighted by molar-refractivity contribution is 0.0978. The Bertz CT molecular complexity index is 1070. The van der Waals surface area contributed by atoms with Crippen LogP contribution < -0.4 is 14.2 Å². The first-order chi connectivity index (χ1) is 16.2. The molecule has 1 fully saturated rings. The highest BCUT2D eigenvalue weighted by atomic mass is 16.5. The van der Waals surface area contributed by atoms with Gasteiger partial charge in [0.25, 0.3) is 0 Å². The maximum absolute atomic E-state index is 12.8. The van der Waals surface area contributed by atoms with Crippen LogP contribution in [0.3, 0.4) is 0 Å². The molecule has 0 radical (unpaired) electrons. The summed E-state index contributed by atoms with van der Waals surface area (Å²) < 4.78 is 23.1. The van der Waals surface area contributed by atoms with Gasteiger partial charge in [0.1, 0.15) is 12.0 Å². The van der Waals surface area contributed by atoms with Crippen LogP contribution in [0.15, 0.2) is 53.1 Å². The first kappa shape index (κ1) is 22.9. The summed E-state index contributed by atoms with van der Waals surface area (Å²) in [4.78, 5) is 17.4. The Morgan fingerprint density at radius 2 is 1.91 bits per heavy atom. The molecular formula is C27H31NO5. The number of oxazole rings is 1. The van der Waals surface area contributed by atoms with Crippen LogP contribution in [0.25, 0.3) is 11.5 Å². The maximum Gasteiger partial charge on any atom is 0.226 e. The lowest BCUT2D eigenvalue weighted by Crippen LogP contribution is -2.11. The maximum atomic E-state index is 12.8. The van der Waals surface area contributed by atoms with Crippen molar-refractivity contribution in [2.45, 2.75) is 58.0 Å². The molecule has 2 aromatic carbocycles. The zero-order valence-corrected chi connectivity index (χ0v) is 19.3. The van der Waals surface area contributed by atoms with Gasteiger partial charge in [0.15, 0.2) is 17.3 Å². The molecule has 1 saturated carbocycles. The summed E-state index contributed by atoms with van der Waals surface area (Å²) in [7, 11) is 1.64. The molecule has 1 heterocycles. The molecule has 1 aromatic heterocycles. The average Bonchev–Trinajstić information content (AvgIpc) is 3.54. The van der Waals surface area contributed by atoms with Gasteiger partial charge in [-0.15, -0.1) is 0 Å². The first-order valence-corrected chi connectivity index (χ1v) is 11.7. The SMILES string of the molecule is CCCOc1ccccc1C(=O)CCc1coc(-c2ccc(OC)c(OC3CCCC3)c2)n1. The van der Waals surface area contributed by atoms with E-state index in [9.17, 15) is 4.79 Å². The van der Waals surface area contributed by atoms with Crippen molar-refractivity contribution in [3.05, 3.63) is 60.0 Å². The topological polar surface area (TPSA) is 70.8 Å². The van der Waals surface area contributed by atoms with Crippen LogP contribution in [0, 0.1) is 0 Å². The van der Waals surface area contributed by atoms with E-state index in [0.29, 0.717) is 48.2 Å². The third-order valence-corrected chi connectivity index (χ3v) is 5.82. The van der Waals surface area contributed by atoms with E-state index in [1.54, 1.807) is 13.4 Å². The van der Waals surface area contributed by atoms with Gasteiger partial charge in [0, 0.05) is 18.4 Å². The number of para-hydroxylation sites is 1. The highest BCUT2D eigenvalue weighted by Gasteiger charge is 2.20. The van der Waals surface area contributed by atoms with E-state index in [1.165, 1.54) is 12.8 Å². The summed E-state index contributed by atoms with van der Waals surface area (Å²) in [5.74, 6) is 2.58. The van der Waals surface area contributed by atoms with Crippen molar-refractivity contribution in [3.8, 4) is 28.7 Å². The molecular weight excluding hydrogens is 418 g/mol. The van der Waals surface area contributed by atoms with E-state index in [2.05, 4.69) is 4.98 Å². The van der Waals surface area contributed by atoms with Gasteiger partial charge in [-0.1, -0.05) is 19.1 Å². The smallest absolute Gasteiger partial charge is 0.226 e. The predicted octanol–water partition coefficient (Wildman–Crippen LogP) is 6.28. The monoisotopic (exact) mass is 449 g/mol. The summed E-state index contributed by atoms with van der Waals surface area (Å²) in [5.41, 5.74) is 2.16. The number of ketones is 1. The van der Waals surface area contributed by atoms with Crippen LogP contribution in [0.5, 0.6) is 17.2 Å². The molecule has 33 heavy (non-hydrogen) atoms. The van der Waals surface area contributed by atoms with Crippen molar-refractivity contribution >= 4 is 5.78 Å². The molecule has 6 heteroatoms. The number of aromatic nitrogens is 1. The largest absolute Gasteiger partial charge is 0.493 e. The lowest BCUT2D eigenvalue weighted by Gasteiger charge is -2.16. The van der Waals surface area contributed by atoms with Crippen molar-refractivity contribution in [2.24, 2.45) is 0 Å². The number of nitrogens with zero attached hydrogens (tertiary/aromatic N) is 1. The fourth-order valence-electron chi connectivity index (χ4n) is 4.05. The number of Topliss-reactive ketones (excluding diaryl/α,β-unsaturated/α-hetero) is 1. The van der Waals surface area contributed by atoms with Gasteiger partial charge >= 0.3 is 0 Å². The number of carbonyl (C=O) groups is 1. The molecule has 0 aliphatic heterocycles. The molecule has 0 amide bonds. The third kappa shape index (κ3) is 5.75. The van der Waals surface area contributed by atoms with Crippen molar-refractivity contribution in [3.63, 3.8) is 0 Å². The Labute approximate surface area is 194 Å². The molecule has 1 aliphatic carbocycles. The molecule has 0 spiro atoms. The average molecular weight is 450 g/mol. The van der Waals surface area contributed by atoms with E-state index >= 15 is 0 Å². The molecule has 0 unspecified atom stereocenters. The van der Waals surface area contributed by atoms with E-state index in [0.717, 1.165) is 30.5 Å². The molecule has 3 aromatic rings. The summed E-state index contributed by atoms with van der Waals surface area (Å²) in [6.45, 7) is 2.63. The van der Waals surface area contributed by atoms with Crippen LogP contribution >= 0.6 is 0 Å². The van der Waals surface area contributed by atoms with Gasteiger partial charge in [0.05, 0.1) is 31.1 Å². The van der Waals surface area contributed by atoms with Gasteiger partial charge in [-0.25, -0.2) is 4.98 Å². The van der Waals surface area contributed by atoms with Gasteiger partial charge < -0.3 is 18.6 Å². The standard InChI is InChI=1S/C27H31NO5/c1-3-16-31-24-11-7-6-10-22(24)23(29)14-13-20-18-32-27(28-20)19-12-15-25(30-2)26(17-19)33-21-8-4-5-9-21/h6-7,10-12,15,17-18,21H,3-5,8-9,13-14,16H2,1-2H3. The number of carbonyl (C=O) groups excluding carboxylic acids is 1. The van der Waals surface area contributed by atoms with Gasteiger partial charge in [-0.2, -0.15) is 0 Å². The van der Waals surface area contributed by atoms with Crippen molar-refractivity contribution < 1.29 is 23.4 Å². The third-order valence-electron chi connectivity index (χ3n) is 5.82. The van der Waals surface area contributed by atoms with Crippen LogP contribution in [0.4, 0.5) is 0 Å². The summed E-state index contributed by atoms with van der Waals surface area (Å²) in [6, 6.07) is 13.1. The van der Waals surface area contributed by atoms with E-state index in [-0.39, 0.29) is 11.9 Å². The number of benzene rings is 2. The summed E-state index contributed by atoms with van der Waals surface area (Å²) in [5, 5.41) is 0. The van der Waals surface area contributed by atoms with E-state index in [1.807, 2.05) is 49.4 Å². The minimum Gasteiger partial charge on any atom is -0.493 e. The molecule has 0 atom stereocenters. The minimum absolute atomic E-state index is 0.0305. The quantitative estimate of drug-likeness (QED) is 0.321. The fourth-order valence-corrected chi connectivity index (χ4v) is 4.05. The fraction of sp³-hybridized carbons (Fsp3) is 0.407. The van der Waals surface area contributed by atoms with Crippen molar-refractivity contribution in [1.29, 1.82) is 0 Å². The Morgan fingerprint density at radius 1 is 1.09 bits per heavy atom. The van der Waals surface area contributed by atoms with E-state index < -0.39 is 0 Å². The highest BCUT2D eigenvalue weighted by Crippen LogP contribution is 2.35. The Balaban J connectivity index is 1.42. The molecule has 0 bridgehead atoms. The normalized spacial score (nSPS) is 13.8. The zero-order valence-electron chi connectivity index (χ0n) is 19.3. The summed E-state index contributed by atoms with van der Waals surface area (Å²) >= 11 is 0. The second kappa shape index (κ2) is 11.0. The summed E-state index contributed by atoms with van der Waals surface area (Å²) in [6.07, 6.45) is 8.09. The molecule has 6 nitrogen and oxygen atoms in total. The van der Waals surface area contributed by atoms with Crippen molar-refractivity contribution in [2.75, 3.05) is 13.7 Å². The van der Waals surface area contributed by atoms with Crippen LogP contribution in [0.2, 0.25) is 0 Å². The number of methoxy groups -OCH3 is 1. The molecule has 0 saturated heterocycles. The number of ether oxygens (including phenoxy) is 3. The van der Waals surface area contributed by atoms with Gasteiger partial charge in [0.2, 0.25) is 5.89 Å². The molecule has 4 rings (SSSR count). The zero-order chi connectivity index (χ0) is 23.0. The van der Waals surface area contributed by atoms with Crippen LogP contribution in [0.1, 0.15) is 61.5 Å². The first-order valence-electron chi connectivity index (χ1n) is 11.7. The number of rotatable bonds is 11. The van der Waals surface area contributed by atoms with Crippen molar-refractivity contribution in [1.82, 2.24) is 4.98 Å². The second-order valence-electron chi connectivity index (χ2n) is 8.30. The van der Waals surface area contributed by atoms with Gasteiger partial charge in [-0.3, -0.25) is 4.79 Å². The Kier molecular flexibility index (Phi) is 7.66. The Hall–Kier alpha value is -3.28. The number of hydrogen-bond donors (Lipinski definition) is 0.